The Kier molecular flexibility index (Phi) is 7.00. The van der Waals surface area contributed by atoms with Crippen LogP contribution in [0.15, 0.2) is 42.5 Å². The van der Waals surface area contributed by atoms with Gasteiger partial charge in [0.2, 0.25) is 0 Å². The highest BCUT2D eigenvalue weighted by Crippen LogP contribution is 2.25. The van der Waals surface area contributed by atoms with Crippen LogP contribution in [0.1, 0.15) is 41.6 Å². The van der Waals surface area contributed by atoms with Crippen molar-refractivity contribution in [3.63, 3.8) is 0 Å². The fourth-order valence-corrected chi connectivity index (χ4v) is 3.38. The number of nitro groups is 1. The molecule has 1 N–H and O–H groups in total. The van der Waals surface area contributed by atoms with Crippen molar-refractivity contribution >= 4 is 23.2 Å². The lowest BCUT2D eigenvalue weighted by Crippen LogP contribution is -2.35. The Balaban J connectivity index is 1.70. The van der Waals surface area contributed by atoms with Gasteiger partial charge in [-0.1, -0.05) is 31.0 Å². The molecule has 1 saturated heterocycles. The van der Waals surface area contributed by atoms with E-state index in [4.69, 9.17) is 4.74 Å². The predicted molar refractivity (Wildman–Crippen MR) is 113 cm³/mol. The molecule has 1 fully saturated rings. The number of carbonyl (C=O) groups is 2. The van der Waals surface area contributed by atoms with Crippen molar-refractivity contribution in [2.24, 2.45) is 0 Å². The van der Waals surface area contributed by atoms with E-state index in [-0.39, 0.29) is 23.8 Å². The number of para-hydroxylation sites is 1. The highest BCUT2D eigenvalue weighted by atomic mass is 16.6. The van der Waals surface area contributed by atoms with E-state index in [9.17, 15) is 19.7 Å². The van der Waals surface area contributed by atoms with Crippen LogP contribution in [-0.4, -0.2) is 41.3 Å². The number of anilines is 1. The van der Waals surface area contributed by atoms with Gasteiger partial charge < -0.3 is 15.0 Å². The third-order valence-electron chi connectivity index (χ3n) is 5.12. The van der Waals surface area contributed by atoms with Gasteiger partial charge in [0.1, 0.15) is 5.75 Å². The molecule has 0 atom stereocenters. The topological polar surface area (TPSA) is 102 Å². The SMILES string of the molecule is Cc1ccc([N+](=O)[O-])cc1NC(=O)c1ccccc1OCC(=O)N1CCCCCC1. The number of nitrogens with one attached hydrogen (secondary N) is 1. The van der Waals surface area contributed by atoms with Crippen LogP contribution in [0.2, 0.25) is 0 Å². The molecule has 0 aromatic heterocycles. The Hall–Kier alpha value is -3.42. The first-order valence-electron chi connectivity index (χ1n) is 10.0. The third kappa shape index (κ3) is 5.34. The molecule has 1 aliphatic rings. The predicted octanol–water partition coefficient (Wildman–Crippen LogP) is 3.94. The standard InChI is InChI=1S/C22H25N3O5/c1-16-10-11-17(25(28)29)14-19(16)23-22(27)18-8-4-5-9-20(18)30-15-21(26)24-12-6-2-3-7-13-24/h4-5,8-11,14H,2-3,6-7,12-13,15H2,1H3,(H,23,27). The average molecular weight is 411 g/mol. The minimum atomic E-state index is -0.513. The third-order valence-corrected chi connectivity index (χ3v) is 5.12. The van der Waals surface area contributed by atoms with Gasteiger partial charge in [0.05, 0.1) is 16.2 Å². The zero-order chi connectivity index (χ0) is 21.5. The van der Waals surface area contributed by atoms with E-state index in [1.165, 1.54) is 12.1 Å². The molecular weight excluding hydrogens is 386 g/mol. The number of likely N-dealkylation sites (tertiary alicyclic amines) is 1. The van der Waals surface area contributed by atoms with Crippen LogP contribution < -0.4 is 10.1 Å². The number of ether oxygens (including phenoxy) is 1. The van der Waals surface area contributed by atoms with Crippen LogP contribution in [0.4, 0.5) is 11.4 Å². The normalized spacial score (nSPS) is 14.0. The molecule has 1 aliphatic heterocycles. The number of aryl methyl sites for hydroxylation is 1. The lowest BCUT2D eigenvalue weighted by Gasteiger charge is -2.20. The molecular formula is C22H25N3O5. The average Bonchev–Trinajstić information content (AvgIpc) is 3.03. The van der Waals surface area contributed by atoms with Gasteiger partial charge in [-0.15, -0.1) is 0 Å². The molecule has 0 unspecified atom stereocenters. The number of benzene rings is 2. The molecule has 0 spiro atoms. The summed E-state index contributed by atoms with van der Waals surface area (Å²) in [5.74, 6) is -0.265. The molecule has 3 rings (SSSR count). The van der Waals surface area contributed by atoms with E-state index in [1.807, 2.05) is 4.90 Å². The number of nitrogens with zero attached hydrogens (tertiary/aromatic N) is 2. The first kappa shape index (κ1) is 21.3. The van der Waals surface area contributed by atoms with Crippen LogP contribution in [0, 0.1) is 17.0 Å². The quantitative estimate of drug-likeness (QED) is 0.573. The Morgan fingerprint density at radius 3 is 2.50 bits per heavy atom. The van der Waals surface area contributed by atoms with Crippen molar-refractivity contribution in [3.05, 3.63) is 63.7 Å². The van der Waals surface area contributed by atoms with Crippen LogP contribution in [-0.2, 0) is 4.79 Å². The van der Waals surface area contributed by atoms with E-state index in [0.29, 0.717) is 17.0 Å². The first-order valence-corrected chi connectivity index (χ1v) is 10.0. The summed E-state index contributed by atoms with van der Waals surface area (Å²) >= 11 is 0. The Morgan fingerprint density at radius 2 is 1.80 bits per heavy atom. The summed E-state index contributed by atoms with van der Waals surface area (Å²) in [6, 6.07) is 10.9. The smallest absolute Gasteiger partial charge is 0.271 e. The molecule has 30 heavy (non-hydrogen) atoms. The van der Waals surface area contributed by atoms with Crippen molar-refractivity contribution in [1.29, 1.82) is 0 Å². The molecule has 0 saturated carbocycles. The molecule has 0 bridgehead atoms. The minimum Gasteiger partial charge on any atom is -0.483 e. The largest absolute Gasteiger partial charge is 0.483 e. The summed E-state index contributed by atoms with van der Waals surface area (Å²) < 4.78 is 5.68. The molecule has 8 heteroatoms. The second-order valence-electron chi connectivity index (χ2n) is 7.29. The van der Waals surface area contributed by atoms with E-state index >= 15 is 0 Å². The number of rotatable bonds is 6. The van der Waals surface area contributed by atoms with Crippen LogP contribution >= 0.6 is 0 Å². The molecule has 1 heterocycles. The number of amides is 2. The summed E-state index contributed by atoms with van der Waals surface area (Å²) in [7, 11) is 0. The van der Waals surface area contributed by atoms with Crippen molar-refractivity contribution < 1.29 is 19.2 Å². The van der Waals surface area contributed by atoms with Crippen LogP contribution in [0.25, 0.3) is 0 Å². The van der Waals surface area contributed by atoms with E-state index in [1.54, 1.807) is 37.3 Å². The number of hydrogen-bond donors (Lipinski definition) is 1. The van der Waals surface area contributed by atoms with Gasteiger partial charge in [-0.2, -0.15) is 0 Å². The molecule has 158 valence electrons. The summed E-state index contributed by atoms with van der Waals surface area (Å²) in [5, 5.41) is 13.7. The fraction of sp³-hybridized carbons (Fsp3) is 0.364. The molecule has 2 aromatic rings. The maximum atomic E-state index is 12.8. The van der Waals surface area contributed by atoms with E-state index in [0.717, 1.165) is 38.8 Å². The van der Waals surface area contributed by atoms with Gasteiger partial charge in [-0.05, 0) is 37.5 Å². The number of carbonyl (C=O) groups excluding carboxylic acids is 2. The molecule has 2 aromatic carbocycles. The van der Waals surface area contributed by atoms with Crippen molar-refractivity contribution in [3.8, 4) is 5.75 Å². The second kappa shape index (κ2) is 9.87. The van der Waals surface area contributed by atoms with Gasteiger partial charge in [0.25, 0.3) is 17.5 Å². The van der Waals surface area contributed by atoms with Gasteiger partial charge >= 0.3 is 0 Å². The van der Waals surface area contributed by atoms with Gasteiger partial charge in [0.15, 0.2) is 6.61 Å². The lowest BCUT2D eigenvalue weighted by molar-refractivity contribution is -0.384. The first-order chi connectivity index (χ1) is 14.5. The number of nitro benzene ring substituents is 1. The number of non-ortho nitro benzene ring substituents is 1. The molecule has 0 radical (unpaired) electrons. The maximum absolute atomic E-state index is 12.8. The summed E-state index contributed by atoms with van der Waals surface area (Å²) in [4.78, 5) is 37.6. The highest BCUT2D eigenvalue weighted by molar-refractivity contribution is 6.06. The van der Waals surface area contributed by atoms with Gasteiger partial charge in [0, 0.05) is 25.2 Å². The van der Waals surface area contributed by atoms with Crippen molar-refractivity contribution in [2.45, 2.75) is 32.6 Å². The summed E-state index contributed by atoms with van der Waals surface area (Å²) in [6.45, 7) is 3.08. The summed E-state index contributed by atoms with van der Waals surface area (Å²) in [6.07, 6.45) is 4.25. The highest BCUT2D eigenvalue weighted by Gasteiger charge is 2.19. The van der Waals surface area contributed by atoms with Crippen LogP contribution in [0.3, 0.4) is 0 Å². The van der Waals surface area contributed by atoms with E-state index in [2.05, 4.69) is 5.32 Å². The Bertz CT molecular complexity index is 936. The monoisotopic (exact) mass is 411 g/mol. The number of hydrogen-bond acceptors (Lipinski definition) is 5. The summed E-state index contributed by atoms with van der Waals surface area (Å²) in [5.41, 5.74) is 1.20. The fourth-order valence-electron chi connectivity index (χ4n) is 3.38. The lowest BCUT2D eigenvalue weighted by atomic mass is 10.1. The van der Waals surface area contributed by atoms with Crippen LogP contribution in [0.5, 0.6) is 5.75 Å². The molecule has 0 aliphatic carbocycles. The zero-order valence-electron chi connectivity index (χ0n) is 16.9. The van der Waals surface area contributed by atoms with Gasteiger partial charge in [-0.3, -0.25) is 19.7 Å². The molecule has 8 nitrogen and oxygen atoms in total. The Labute approximate surface area is 175 Å². The minimum absolute atomic E-state index is 0.0957. The second-order valence-corrected chi connectivity index (χ2v) is 7.29. The Morgan fingerprint density at radius 1 is 1.10 bits per heavy atom. The molecule has 2 amide bonds. The maximum Gasteiger partial charge on any atom is 0.271 e. The van der Waals surface area contributed by atoms with Crippen molar-refractivity contribution in [1.82, 2.24) is 4.90 Å². The zero-order valence-corrected chi connectivity index (χ0v) is 16.9. The van der Waals surface area contributed by atoms with Gasteiger partial charge in [-0.25, -0.2) is 0 Å². The van der Waals surface area contributed by atoms with Crippen molar-refractivity contribution in [2.75, 3.05) is 25.0 Å². The van der Waals surface area contributed by atoms with E-state index < -0.39 is 10.8 Å².